The Balaban J connectivity index is 1.85. The minimum Gasteiger partial charge on any atom is -0.336 e. The van der Waals surface area contributed by atoms with Crippen LogP contribution in [0.2, 0.25) is 0 Å². The van der Waals surface area contributed by atoms with Crippen LogP contribution in [0.5, 0.6) is 0 Å². The molecule has 1 atom stereocenters. The molecule has 1 aliphatic heterocycles. The lowest BCUT2D eigenvalue weighted by Gasteiger charge is -2.35. The third kappa shape index (κ3) is 4.63. The molecule has 31 heavy (non-hydrogen) atoms. The van der Waals surface area contributed by atoms with E-state index in [0.717, 1.165) is 0 Å². The molecule has 5 nitrogen and oxygen atoms in total. The number of ether oxygens (including phenoxy) is 1. The lowest BCUT2D eigenvalue weighted by Crippen LogP contribution is -2.37. The average Bonchev–Trinajstić information content (AvgIpc) is 2.74. The fraction of sp³-hybridized carbons (Fsp3) is 0.435. The fourth-order valence-electron chi connectivity index (χ4n) is 4.06. The van der Waals surface area contributed by atoms with E-state index >= 15 is 0 Å². The first-order valence-electron chi connectivity index (χ1n) is 10.5. The van der Waals surface area contributed by atoms with Gasteiger partial charge >= 0.3 is 0 Å². The van der Waals surface area contributed by atoms with Gasteiger partial charge in [0.25, 0.3) is 0 Å². The van der Waals surface area contributed by atoms with Gasteiger partial charge in [0.1, 0.15) is 11.5 Å². The highest BCUT2D eigenvalue weighted by molar-refractivity contribution is 5.82. The molecule has 1 fully saturated rings. The lowest BCUT2D eigenvalue weighted by molar-refractivity contribution is -0.0385. The number of allylic oxidation sites excluding steroid dienone is 1. The topological polar surface area (TPSA) is 50.6 Å². The molecule has 2 aliphatic rings. The number of hydrogen-bond acceptors (Lipinski definition) is 5. The van der Waals surface area contributed by atoms with E-state index in [1.807, 2.05) is 13.8 Å². The van der Waals surface area contributed by atoms with Crippen molar-refractivity contribution in [2.45, 2.75) is 63.8 Å². The Kier molecular flexibility index (Phi) is 6.09. The van der Waals surface area contributed by atoms with Crippen LogP contribution in [-0.2, 0) is 4.74 Å². The summed E-state index contributed by atoms with van der Waals surface area (Å²) in [5, 5.41) is 0. The normalized spacial score (nSPS) is 21.1. The molecule has 0 radical (unpaired) electrons. The van der Waals surface area contributed by atoms with Crippen molar-refractivity contribution in [2.75, 3.05) is 4.90 Å². The maximum atomic E-state index is 14.7. The SMILES string of the molecule is CC(C)OC1N=CC=CN1c1c(-c2ncccc2F)ccnc1C1CCC(F)(F)CC1. The van der Waals surface area contributed by atoms with Gasteiger partial charge in [0.05, 0.1) is 17.5 Å². The Bertz CT molecular complexity index is 983. The monoisotopic (exact) mass is 430 g/mol. The van der Waals surface area contributed by atoms with E-state index in [4.69, 9.17) is 4.74 Å². The Morgan fingerprint density at radius 3 is 2.61 bits per heavy atom. The molecule has 4 rings (SSSR count). The second-order valence-electron chi connectivity index (χ2n) is 8.11. The van der Waals surface area contributed by atoms with E-state index < -0.39 is 18.1 Å². The summed E-state index contributed by atoms with van der Waals surface area (Å²) < 4.78 is 48.3. The number of hydrogen-bond donors (Lipinski definition) is 0. The Morgan fingerprint density at radius 2 is 1.90 bits per heavy atom. The van der Waals surface area contributed by atoms with Crippen LogP contribution in [0.3, 0.4) is 0 Å². The maximum absolute atomic E-state index is 14.7. The molecule has 1 aliphatic carbocycles. The largest absolute Gasteiger partial charge is 0.336 e. The van der Waals surface area contributed by atoms with Gasteiger partial charge < -0.3 is 9.64 Å². The van der Waals surface area contributed by atoms with Crippen molar-refractivity contribution in [2.24, 2.45) is 4.99 Å². The first-order chi connectivity index (χ1) is 14.9. The summed E-state index contributed by atoms with van der Waals surface area (Å²) in [7, 11) is 0. The minimum atomic E-state index is -2.65. The maximum Gasteiger partial charge on any atom is 0.248 e. The van der Waals surface area contributed by atoms with Crippen LogP contribution in [0.15, 0.2) is 47.9 Å². The number of aliphatic imine (C=N–C) groups is 1. The highest BCUT2D eigenvalue weighted by atomic mass is 19.3. The zero-order chi connectivity index (χ0) is 22.0. The van der Waals surface area contributed by atoms with E-state index in [1.54, 1.807) is 35.7 Å². The van der Waals surface area contributed by atoms with Crippen molar-refractivity contribution in [1.82, 2.24) is 9.97 Å². The summed E-state index contributed by atoms with van der Waals surface area (Å²) in [6.07, 6.45) is 7.73. The van der Waals surface area contributed by atoms with E-state index in [-0.39, 0.29) is 30.6 Å². The van der Waals surface area contributed by atoms with Gasteiger partial charge in [-0.05, 0) is 51.0 Å². The average molecular weight is 430 g/mol. The fourth-order valence-corrected chi connectivity index (χ4v) is 4.06. The van der Waals surface area contributed by atoms with Crippen LogP contribution in [0.1, 0.15) is 51.1 Å². The molecule has 1 unspecified atom stereocenters. The Morgan fingerprint density at radius 1 is 1.13 bits per heavy atom. The molecule has 8 heteroatoms. The van der Waals surface area contributed by atoms with Crippen LogP contribution in [0.25, 0.3) is 11.3 Å². The quantitative estimate of drug-likeness (QED) is 0.612. The van der Waals surface area contributed by atoms with Crippen LogP contribution < -0.4 is 4.90 Å². The number of nitrogens with zero attached hydrogens (tertiary/aromatic N) is 4. The summed E-state index contributed by atoms with van der Waals surface area (Å²) >= 11 is 0. The molecular weight excluding hydrogens is 405 g/mol. The van der Waals surface area contributed by atoms with Crippen LogP contribution in [-0.4, -0.2) is 34.6 Å². The minimum absolute atomic E-state index is 0.111. The number of aromatic nitrogens is 2. The molecule has 0 spiro atoms. The summed E-state index contributed by atoms with van der Waals surface area (Å²) in [6, 6.07) is 4.57. The first-order valence-corrected chi connectivity index (χ1v) is 10.5. The van der Waals surface area contributed by atoms with E-state index in [1.165, 1.54) is 18.3 Å². The summed E-state index contributed by atoms with van der Waals surface area (Å²) in [6.45, 7) is 3.80. The first kappa shape index (κ1) is 21.5. The van der Waals surface area contributed by atoms with Gasteiger partial charge in [-0.3, -0.25) is 9.97 Å². The predicted octanol–water partition coefficient (Wildman–Crippen LogP) is 5.69. The number of rotatable bonds is 5. The summed E-state index contributed by atoms with van der Waals surface area (Å²) in [5.74, 6) is -3.30. The Labute approximate surface area is 179 Å². The number of alkyl halides is 2. The van der Waals surface area contributed by atoms with Crippen molar-refractivity contribution < 1.29 is 17.9 Å². The summed E-state index contributed by atoms with van der Waals surface area (Å²) in [5.41, 5.74) is 1.93. The summed E-state index contributed by atoms with van der Waals surface area (Å²) in [4.78, 5) is 15.0. The zero-order valence-electron chi connectivity index (χ0n) is 17.5. The van der Waals surface area contributed by atoms with E-state index in [9.17, 15) is 13.2 Å². The molecule has 0 aromatic carbocycles. The zero-order valence-corrected chi connectivity index (χ0v) is 17.5. The van der Waals surface area contributed by atoms with Crippen molar-refractivity contribution in [3.63, 3.8) is 0 Å². The third-order valence-electron chi connectivity index (χ3n) is 5.51. The van der Waals surface area contributed by atoms with Crippen LogP contribution in [0, 0.1) is 5.82 Å². The van der Waals surface area contributed by atoms with Gasteiger partial charge in [0.15, 0.2) is 0 Å². The van der Waals surface area contributed by atoms with Gasteiger partial charge in [-0.25, -0.2) is 18.2 Å². The molecule has 0 bridgehead atoms. The molecule has 0 saturated heterocycles. The van der Waals surface area contributed by atoms with E-state index in [2.05, 4.69) is 15.0 Å². The molecule has 3 heterocycles. The van der Waals surface area contributed by atoms with Crippen LogP contribution >= 0.6 is 0 Å². The number of anilines is 1. The highest BCUT2D eigenvalue weighted by Crippen LogP contribution is 2.46. The molecule has 164 valence electrons. The van der Waals surface area contributed by atoms with Gasteiger partial charge in [-0.15, -0.1) is 0 Å². The van der Waals surface area contributed by atoms with Gasteiger partial charge in [0, 0.05) is 49.1 Å². The van der Waals surface area contributed by atoms with Crippen molar-refractivity contribution >= 4 is 11.9 Å². The molecule has 1 saturated carbocycles. The second kappa shape index (κ2) is 8.78. The molecule has 2 aromatic rings. The third-order valence-corrected chi connectivity index (χ3v) is 5.51. The highest BCUT2D eigenvalue weighted by Gasteiger charge is 2.38. The predicted molar refractivity (Wildman–Crippen MR) is 114 cm³/mol. The molecule has 0 amide bonds. The second-order valence-corrected chi connectivity index (χ2v) is 8.11. The smallest absolute Gasteiger partial charge is 0.248 e. The standard InChI is InChI=1S/C23H25F3N4O/c1-15(2)31-22-29-12-4-14-30(22)21-17(20-18(24)5-3-11-27-20)8-13-28-19(21)16-6-9-23(25,26)10-7-16/h3-5,8,11-16,22H,6-7,9-10H2,1-2H3. The molecule has 2 aromatic heterocycles. The van der Waals surface area contributed by atoms with Crippen molar-refractivity contribution in [1.29, 1.82) is 0 Å². The van der Waals surface area contributed by atoms with Gasteiger partial charge in [-0.1, -0.05) is 0 Å². The molecular formula is C23H25F3N4O. The molecule has 0 N–H and O–H groups in total. The number of halogens is 3. The Hall–Kier alpha value is -2.74. The van der Waals surface area contributed by atoms with Gasteiger partial charge in [0.2, 0.25) is 12.3 Å². The lowest BCUT2D eigenvalue weighted by atomic mass is 9.83. The van der Waals surface area contributed by atoms with E-state index in [0.29, 0.717) is 29.8 Å². The van der Waals surface area contributed by atoms with Gasteiger partial charge in [-0.2, -0.15) is 0 Å². The van der Waals surface area contributed by atoms with Crippen molar-refractivity contribution in [3.8, 4) is 11.3 Å². The van der Waals surface area contributed by atoms with Crippen LogP contribution in [0.4, 0.5) is 18.9 Å². The van der Waals surface area contributed by atoms with Crippen molar-refractivity contribution in [3.05, 3.63) is 54.4 Å². The number of pyridine rings is 2.